The number of carbonyl (C=O) groups is 1. The molecule has 4 nitrogen and oxygen atoms in total. The molecule has 0 aliphatic rings. The zero-order chi connectivity index (χ0) is 15.9. The van der Waals surface area contributed by atoms with E-state index in [2.05, 4.69) is 10.3 Å². The van der Waals surface area contributed by atoms with Gasteiger partial charge in [-0.1, -0.05) is 6.07 Å². The van der Waals surface area contributed by atoms with Crippen molar-refractivity contribution in [2.24, 2.45) is 0 Å². The SMILES string of the molecule is Cc1nc(CNC(=O)c2sc3cccc(F)c3c2C)oc1C. The summed E-state index contributed by atoms with van der Waals surface area (Å²) in [5, 5.41) is 3.28. The molecule has 0 aliphatic heterocycles. The van der Waals surface area contributed by atoms with E-state index < -0.39 is 0 Å². The lowest BCUT2D eigenvalue weighted by Gasteiger charge is -2.01. The number of amides is 1. The molecule has 3 rings (SSSR count). The highest BCUT2D eigenvalue weighted by Crippen LogP contribution is 2.32. The van der Waals surface area contributed by atoms with Crippen molar-refractivity contribution in [2.45, 2.75) is 27.3 Å². The number of fused-ring (bicyclic) bond motifs is 1. The van der Waals surface area contributed by atoms with E-state index in [1.807, 2.05) is 19.9 Å². The van der Waals surface area contributed by atoms with Crippen LogP contribution in [-0.4, -0.2) is 10.9 Å². The highest BCUT2D eigenvalue weighted by atomic mass is 32.1. The Morgan fingerprint density at radius 1 is 1.36 bits per heavy atom. The fourth-order valence-corrected chi connectivity index (χ4v) is 3.46. The van der Waals surface area contributed by atoms with Crippen molar-refractivity contribution in [3.05, 3.63) is 51.8 Å². The Morgan fingerprint density at radius 2 is 2.14 bits per heavy atom. The van der Waals surface area contributed by atoms with Crippen LogP contribution in [0.3, 0.4) is 0 Å². The standard InChI is InChI=1S/C16H15FN2O2S/c1-8-14-11(17)5-4-6-12(14)22-15(8)16(20)18-7-13-19-9(2)10(3)21-13/h4-6H,7H2,1-3H3,(H,18,20). The predicted molar refractivity (Wildman–Crippen MR) is 83.7 cm³/mol. The lowest BCUT2D eigenvalue weighted by Crippen LogP contribution is -2.22. The molecule has 0 unspecified atom stereocenters. The molecule has 0 bridgehead atoms. The number of halogens is 1. The van der Waals surface area contributed by atoms with Crippen LogP contribution in [0.4, 0.5) is 4.39 Å². The average molecular weight is 318 g/mol. The zero-order valence-electron chi connectivity index (χ0n) is 12.5. The summed E-state index contributed by atoms with van der Waals surface area (Å²) >= 11 is 1.29. The van der Waals surface area contributed by atoms with E-state index in [0.29, 0.717) is 21.7 Å². The number of aryl methyl sites for hydroxylation is 3. The van der Waals surface area contributed by atoms with Crippen LogP contribution in [0.15, 0.2) is 22.6 Å². The number of hydrogen-bond acceptors (Lipinski definition) is 4. The van der Waals surface area contributed by atoms with Crippen LogP contribution < -0.4 is 5.32 Å². The number of hydrogen-bond donors (Lipinski definition) is 1. The smallest absolute Gasteiger partial charge is 0.262 e. The molecule has 6 heteroatoms. The Balaban J connectivity index is 1.83. The summed E-state index contributed by atoms with van der Waals surface area (Å²) in [6.45, 7) is 5.65. The van der Waals surface area contributed by atoms with Gasteiger partial charge in [-0.15, -0.1) is 11.3 Å². The lowest BCUT2D eigenvalue weighted by molar-refractivity contribution is 0.0950. The molecule has 0 saturated heterocycles. The summed E-state index contributed by atoms with van der Waals surface area (Å²) in [5.41, 5.74) is 1.47. The van der Waals surface area contributed by atoms with Crippen molar-refractivity contribution in [1.82, 2.24) is 10.3 Å². The van der Waals surface area contributed by atoms with Crippen LogP contribution in [0, 0.1) is 26.6 Å². The monoisotopic (exact) mass is 318 g/mol. The van der Waals surface area contributed by atoms with Gasteiger partial charge in [-0.2, -0.15) is 0 Å². The van der Waals surface area contributed by atoms with Gasteiger partial charge in [-0.25, -0.2) is 9.37 Å². The van der Waals surface area contributed by atoms with Gasteiger partial charge in [0.2, 0.25) is 5.89 Å². The maximum atomic E-state index is 13.9. The normalized spacial score (nSPS) is 11.1. The molecule has 114 valence electrons. The number of thiophene rings is 1. The van der Waals surface area contributed by atoms with Gasteiger partial charge in [-0.05, 0) is 38.5 Å². The Bertz CT molecular complexity index is 847. The molecule has 22 heavy (non-hydrogen) atoms. The van der Waals surface area contributed by atoms with Crippen molar-refractivity contribution in [3.8, 4) is 0 Å². The van der Waals surface area contributed by atoms with E-state index >= 15 is 0 Å². The summed E-state index contributed by atoms with van der Waals surface area (Å²) in [6.07, 6.45) is 0. The summed E-state index contributed by atoms with van der Waals surface area (Å²) in [6, 6.07) is 4.86. The van der Waals surface area contributed by atoms with E-state index in [-0.39, 0.29) is 18.3 Å². The molecule has 0 aliphatic carbocycles. The number of nitrogens with zero attached hydrogens (tertiary/aromatic N) is 1. The molecule has 0 atom stereocenters. The minimum absolute atomic E-state index is 0.212. The number of benzene rings is 1. The highest BCUT2D eigenvalue weighted by Gasteiger charge is 2.18. The minimum atomic E-state index is -0.302. The Morgan fingerprint density at radius 3 is 2.77 bits per heavy atom. The van der Waals surface area contributed by atoms with Gasteiger partial charge in [0.25, 0.3) is 5.91 Å². The molecule has 2 aromatic heterocycles. The summed E-state index contributed by atoms with van der Waals surface area (Å²) in [4.78, 5) is 17.1. The van der Waals surface area contributed by atoms with Gasteiger partial charge >= 0.3 is 0 Å². The van der Waals surface area contributed by atoms with E-state index in [1.165, 1.54) is 17.4 Å². The third-order valence-electron chi connectivity index (χ3n) is 3.58. The maximum absolute atomic E-state index is 13.9. The van der Waals surface area contributed by atoms with Gasteiger partial charge in [0.05, 0.1) is 17.1 Å². The molecule has 3 aromatic rings. The van der Waals surface area contributed by atoms with Crippen LogP contribution in [0.2, 0.25) is 0 Å². The van der Waals surface area contributed by atoms with Crippen LogP contribution in [0.1, 0.15) is 32.6 Å². The molecule has 0 fully saturated rings. The summed E-state index contributed by atoms with van der Waals surface area (Å²) < 4.78 is 20.1. The number of oxazole rings is 1. The van der Waals surface area contributed by atoms with Crippen LogP contribution in [-0.2, 0) is 6.54 Å². The number of rotatable bonds is 3. The number of carbonyl (C=O) groups excluding carboxylic acids is 1. The lowest BCUT2D eigenvalue weighted by atomic mass is 10.1. The molecule has 0 saturated carbocycles. The van der Waals surface area contributed by atoms with E-state index in [4.69, 9.17) is 4.42 Å². The number of aromatic nitrogens is 1. The molecule has 1 amide bonds. The molecular weight excluding hydrogens is 303 g/mol. The molecule has 1 N–H and O–H groups in total. The van der Waals surface area contributed by atoms with Crippen molar-refractivity contribution in [3.63, 3.8) is 0 Å². The van der Waals surface area contributed by atoms with E-state index in [1.54, 1.807) is 13.0 Å². The predicted octanol–water partition coefficient (Wildman–Crippen LogP) is 3.88. The zero-order valence-corrected chi connectivity index (χ0v) is 13.3. The maximum Gasteiger partial charge on any atom is 0.262 e. The largest absolute Gasteiger partial charge is 0.444 e. The van der Waals surface area contributed by atoms with Crippen LogP contribution >= 0.6 is 11.3 Å². The molecule has 0 spiro atoms. The van der Waals surface area contributed by atoms with E-state index in [0.717, 1.165) is 16.2 Å². The second-order valence-electron chi connectivity index (χ2n) is 5.10. The van der Waals surface area contributed by atoms with Crippen LogP contribution in [0.5, 0.6) is 0 Å². The Kier molecular flexibility index (Phi) is 3.70. The number of nitrogens with one attached hydrogen (secondary N) is 1. The first-order valence-corrected chi connectivity index (χ1v) is 7.67. The fourth-order valence-electron chi connectivity index (χ4n) is 2.32. The van der Waals surface area contributed by atoms with Crippen molar-refractivity contribution >= 4 is 27.3 Å². The van der Waals surface area contributed by atoms with Gasteiger partial charge in [0.15, 0.2) is 0 Å². The minimum Gasteiger partial charge on any atom is -0.444 e. The quantitative estimate of drug-likeness (QED) is 0.797. The van der Waals surface area contributed by atoms with Gasteiger partial charge in [-0.3, -0.25) is 4.79 Å². The van der Waals surface area contributed by atoms with E-state index in [9.17, 15) is 9.18 Å². The topological polar surface area (TPSA) is 55.1 Å². The van der Waals surface area contributed by atoms with Gasteiger partial charge in [0, 0.05) is 10.1 Å². The third kappa shape index (κ3) is 2.50. The molecular formula is C16H15FN2O2S. The second-order valence-corrected chi connectivity index (χ2v) is 6.15. The molecule has 2 heterocycles. The second kappa shape index (κ2) is 5.53. The first kappa shape index (κ1) is 14.7. The first-order chi connectivity index (χ1) is 10.5. The van der Waals surface area contributed by atoms with Gasteiger partial charge < -0.3 is 9.73 Å². The van der Waals surface area contributed by atoms with Crippen molar-refractivity contribution < 1.29 is 13.6 Å². The molecule has 0 radical (unpaired) electrons. The first-order valence-electron chi connectivity index (χ1n) is 6.86. The Labute approximate surface area is 131 Å². The summed E-state index contributed by atoms with van der Waals surface area (Å²) in [5.74, 6) is 0.661. The average Bonchev–Trinajstić information content (AvgIpc) is 2.98. The highest BCUT2D eigenvalue weighted by molar-refractivity contribution is 7.21. The third-order valence-corrected chi connectivity index (χ3v) is 4.84. The summed E-state index contributed by atoms with van der Waals surface area (Å²) in [7, 11) is 0. The Hall–Kier alpha value is -2.21. The van der Waals surface area contributed by atoms with Gasteiger partial charge in [0.1, 0.15) is 11.6 Å². The van der Waals surface area contributed by atoms with Crippen molar-refractivity contribution in [2.75, 3.05) is 0 Å². The van der Waals surface area contributed by atoms with Crippen molar-refractivity contribution in [1.29, 1.82) is 0 Å². The van der Waals surface area contributed by atoms with Crippen LogP contribution in [0.25, 0.3) is 10.1 Å². The molecule has 1 aromatic carbocycles. The fraction of sp³-hybridized carbons (Fsp3) is 0.250.